The van der Waals surface area contributed by atoms with Gasteiger partial charge in [-0.25, -0.2) is 0 Å². The molecule has 0 saturated carbocycles. The predicted octanol–water partition coefficient (Wildman–Crippen LogP) is 3.49. The molecule has 0 aliphatic heterocycles. The summed E-state index contributed by atoms with van der Waals surface area (Å²) in [5.74, 6) is 0.981. The maximum Gasteiger partial charge on any atom is 0.306 e. The van der Waals surface area contributed by atoms with E-state index in [0.717, 1.165) is 5.56 Å². The molecule has 0 fully saturated rings. The van der Waals surface area contributed by atoms with Crippen LogP contribution in [0.5, 0.6) is 23.0 Å². The van der Waals surface area contributed by atoms with Crippen molar-refractivity contribution in [3.8, 4) is 23.0 Å². The molecule has 0 aliphatic carbocycles. The van der Waals surface area contributed by atoms with Gasteiger partial charge in [0.1, 0.15) is 5.75 Å². The first kappa shape index (κ1) is 23.2. The number of carbonyl (C=O) groups excluding carboxylic acids is 2. The van der Waals surface area contributed by atoms with Gasteiger partial charge in [0.2, 0.25) is 5.75 Å². The summed E-state index contributed by atoms with van der Waals surface area (Å²) in [5.41, 5.74) is 1.28. The van der Waals surface area contributed by atoms with E-state index in [4.69, 9.17) is 35.3 Å². The van der Waals surface area contributed by atoms with Gasteiger partial charge in [-0.3, -0.25) is 9.59 Å². The van der Waals surface area contributed by atoms with Gasteiger partial charge in [-0.15, -0.1) is 0 Å². The number of hydrogen-bond donors (Lipinski definition) is 1. The molecule has 2 rings (SSSR count). The minimum Gasteiger partial charge on any atom is -0.495 e. The highest BCUT2D eigenvalue weighted by molar-refractivity contribution is 6.32. The number of aryl methyl sites for hydroxylation is 1. The normalized spacial score (nSPS) is 10.2. The molecule has 0 unspecified atom stereocenters. The van der Waals surface area contributed by atoms with Gasteiger partial charge in [0.05, 0.1) is 33.5 Å². The van der Waals surface area contributed by atoms with E-state index in [2.05, 4.69) is 5.32 Å². The molecular formula is C21H24ClNO7. The maximum atomic E-state index is 12.0. The summed E-state index contributed by atoms with van der Waals surface area (Å²) in [6.07, 6.45) is 0.464. The first-order valence-electron chi connectivity index (χ1n) is 8.99. The van der Waals surface area contributed by atoms with Crippen LogP contribution in [0.1, 0.15) is 12.0 Å². The second-order valence-electron chi connectivity index (χ2n) is 6.09. The largest absolute Gasteiger partial charge is 0.495 e. The second-order valence-corrected chi connectivity index (χ2v) is 6.50. The van der Waals surface area contributed by atoms with E-state index in [1.807, 2.05) is 0 Å². The van der Waals surface area contributed by atoms with Crippen LogP contribution in [0.3, 0.4) is 0 Å². The number of anilines is 1. The Bertz CT molecular complexity index is 876. The maximum absolute atomic E-state index is 12.0. The summed E-state index contributed by atoms with van der Waals surface area (Å²) < 4.78 is 25.9. The Kier molecular flexibility index (Phi) is 8.61. The molecule has 0 aromatic heterocycles. The number of esters is 1. The van der Waals surface area contributed by atoms with E-state index in [9.17, 15) is 9.59 Å². The summed E-state index contributed by atoms with van der Waals surface area (Å²) in [6, 6.07) is 8.32. The molecule has 9 heteroatoms. The zero-order valence-corrected chi connectivity index (χ0v) is 18.0. The van der Waals surface area contributed by atoms with Gasteiger partial charge in [-0.05, 0) is 42.3 Å². The smallest absolute Gasteiger partial charge is 0.306 e. The molecule has 0 atom stereocenters. The van der Waals surface area contributed by atoms with Crippen molar-refractivity contribution in [3.63, 3.8) is 0 Å². The van der Waals surface area contributed by atoms with Gasteiger partial charge in [-0.1, -0.05) is 11.6 Å². The zero-order valence-electron chi connectivity index (χ0n) is 17.2. The average Bonchev–Trinajstić information content (AvgIpc) is 2.75. The Morgan fingerprint density at radius 1 is 0.900 bits per heavy atom. The van der Waals surface area contributed by atoms with Crippen molar-refractivity contribution in [1.29, 1.82) is 0 Å². The highest BCUT2D eigenvalue weighted by atomic mass is 35.5. The number of halogens is 1. The van der Waals surface area contributed by atoms with Crippen LogP contribution in [-0.2, 0) is 20.7 Å². The minimum atomic E-state index is -0.508. The Hall–Kier alpha value is -3.13. The van der Waals surface area contributed by atoms with Crippen LogP contribution in [0.4, 0.5) is 5.69 Å². The number of amides is 1. The number of carbonyl (C=O) groups is 2. The molecule has 0 saturated heterocycles. The van der Waals surface area contributed by atoms with Crippen LogP contribution in [0.25, 0.3) is 0 Å². The third-order valence-electron chi connectivity index (χ3n) is 4.14. The fourth-order valence-corrected chi connectivity index (χ4v) is 2.94. The lowest BCUT2D eigenvalue weighted by atomic mass is 10.1. The van der Waals surface area contributed by atoms with Gasteiger partial charge in [0, 0.05) is 12.1 Å². The SMILES string of the molecule is COc1ccc(NC(=O)COC(=O)CCc2cc(OC)c(OC)c(OC)c2)cc1Cl. The van der Waals surface area contributed by atoms with Crippen molar-refractivity contribution in [2.75, 3.05) is 40.4 Å². The molecule has 162 valence electrons. The molecule has 2 aromatic rings. The number of methoxy groups -OCH3 is 4. The third kappa shape index (κ3) is 6.18. The quantitative estimate of drug-likeness (QED) is 0.569. The molecule has 0 bridgehead atoms. The number of nitrogens with one attached hydrogen (secondary N) is 1. The molecular weight excluding hydrogens is 414 g/mol. The third-order valence-corrected chi connectivity index (χ3v) is 4.44. The summed E-state index contributed by atoms with van der Waals surface area (Å²) in [4.78, 5) is 24.0. The molecule has 1 N–H and O–H groups in total. The molecule has 1 amide bonds. The summed E-state index contributed by atoms with van der Waals surface area (Å²) in [5, 5.41) is 2.96. The summed E-state index contributed by atoms with van der Waals surface area (Å²) in [6.45, 7) is -0.405. The first-order chi connectivity index (χ1) is 14.4. The van der Waals surface area contributed by atoms with E-state index in [0.29, 0.717) is 40.1 Å². The van der Waals surface area contributed by atoms with Crippen molar-refractivity contribution in [2.45, 2.75) is 12.8 Å². The molecule has 0 heterocycles. The van der Waals surface area contributed by atoms with E-state index in [1.165, 1.54) is 28.4 Å². The van der Waals surface area contributed by atoms with E-state index in [1.54, 1.807) is 30.3 Å². The van der Waals surface area contributed by atoms with Gasteiger partial charge >= 0.3 is 5.97 Å². The van der Waals surface area contributed by atoms with Crippen LogP contribution in [-0.4, -0.2) is 46.9 Å². The molecule has 30 heavy (non-hydrogen) atoms. The lowest BCUT2D eigenvalue weighted by Gasteiger charge is -2.14. The molecule has 8 nitrogen and oxygen atoms in total. The van der Waals surface area contributed by atoms with Gasteiger partial charge in [0.25, 0.3) is 5.91 Å². The number of hydrogen-bond acceptors (Lipinski definition) is 7. The molecule has 0 radical (unpaired) electrons. The highest BCUT2D eigenvalue weighted by Gasteiger charge is 2.15. The van der Waals surface area contributed by atoms with E-state index >= 15 is 0 Å². The standard InChI is InChI=1S/C21H24ClNO7/c1-26-16-7-6-14(11-15(16)22)23-19(24)12-30-20(25)8-5-13-9-17(27-2)21(29-4)18(10-13)28-3/h6-7,9-11H,5,8,12H2,1-4H3,(H,23,24). The van der Waals surface area contributed by atoms with Crippen molar-refractivity contribution in [3.05, 3.63) is 40.9 Å². The number of rotatable bonds is 10. The average molecular weight is 438 g/mol. The van der Waals surface area contributed by atoms with Crippen LogP contribution in [0.2, 0.25) is 5.02 Å². The predicted molar refractivity (Wildman–Crippen MR) is 112 cm³/mol. The van der Waals surface area contributed by atoms with Crippen molar-refractivity contribution < 1.29 is 33.3 Å². The van der Waals surface area contributed by atoms with Crippen LogP contribution >= 0.6 is 11.6 Å². The van der Waals surface area contributed by atoms with Gasteiger partial charge < -0.3 is 29.0 Å². The monoisotopic (exact) mass is 437 g/mol. The first-order valence-corrected chi connectivity index (χ1v) is 9.37. The minimum absolute atomic E-state index is 0.0836. The molecule has 0 spiro atoms. The van der Waals surface area contributed by atoms with Crippen LogP contribution < -0.4 is 24.3 Å². The van der Waals surface area contributed by atoms with E-state index < -0.39 is 18.5 Å². The summed E-state index contributed by atoms with van der Waals surface area (Å²) >= 11 is 6.01. The lowest BCUT2D eigenvalue weighted by molar-refractivity contribution is -0.147. The van der Waals surface area contributed by atoms with E-state index in [-0.39, 0.29) is 6.42 Å². The fraction of sp³-hybridized carbons (Fsp3) is 0.333. The summed E-state index contributed by atoms with van der Waals surface area (Å²) in [7, 11) is 6.05. The highest BCUT2D eigenvalue weighted by Crippen LogP contribution is 2.38. The molecule has 2 aromatic carbocycles. The van der Waals surface area contributed by atoms with Crippen molar-refractivity contribution >= 4 is 29.2 Å². The molecule has 0 aliphatic rings. The topological polar surface area (TPSA) is 92.3 Å². The van der Waals surface area contributed by atoms with Crippen molar-refractivity contribution in [2.24, 2.45) is 0 Å². The fourth-order valence-electron chi connectivity index (χ4n) is 2.69. The second kappa shape index (κ2) is 11.2. The Morgan fingerprint density at radius 2 is 1.53 bits per heavy atom. The lowest BCUT2D eigenvalue weighted by Crippen LogP contribution is -2.21. The number of ether oxygens (including phenoxy) is 5. The zero-order chi connectivity index (χ0) is 22.1. The van der Waals surface area contributed by atoms with Crippen molar-refractivity contribution in [1.82, 2.24) is 0 Å². The Morgan fingerprint density at radius 3 is 2.07 bits per heavy atom. The Balaban J connectivity index is 1.86. The van der Waals surface area contributed by atoms with Crippen LogP contribution in [0.15, 0.2) is 30.3 Å². The van der Waals surface area contributed by atoms with Gasteiger partial charge in [0.15, 0.2) is 18.1 Å². The Labute approximate surface area is 180 Å². The van der Waals surface area contributed by atoms with Crippen LogP contribution in [0, 0.1) is 0 Å². The van der Waals surface area contributed by atoms with Gasteiger partial charge in [-0.2, -0.15) is 0 Å². The number of benzene rings is 2.